The van der Waals surface area contributed by atoms with Crippen LogP contribution in [0.3, 0.4) is 0 Å². The molecule has 7 aromatic rings. The van der Waals surface area contributed by atoms with Gasteiger partial charge in [-0.05, 0) is 78.2 Å². The van der Waals surface area contributed by atoms with E-state index < -0.39 is 0 Å². The van der Waals surface area contributed by atoms with Crippen LogP contribution in [0.25, 0.3) is 61.2 Å². The number of hydrogen-bond donors (Lipinski definition) is 0. The molecule has 2 aromatic heterocycles. The molecule has 0 spiro atoms. The van der Waals surface area contributed by atoms with Gasteiger partial charge in [-0.15, -0.1) is 0 Å². The van der Waals surface area contributed by atoms with Crippen LogP contribution < -0.4 is 0 Å². The first-order chi connectivity index (χ1) is 17.2. The average molecular weight is 451 g/mol. The molecule has 2 heterocycles. The van der Waals surface area contributed by atoms with Gasteiger partial charge in [-0.25, -0.2) is 4.98 Å². The third-order valence-corrected chi connectivity index (χ3v) is 6.70. The number of benzene rings is 5. The van der Waals surface area contributed by atoms with Gasteiger partial charge in [-0.3, -0.25) is 0 Å². The van der Waals surface area contributed by atoms with Crippen LogP contribution in [0.15, 0.2) is 120 Å². The van der Waals surface area contributed by atoms with Gasteiger partial charge >= 0.3 is 0 Å². The van der Waals surface area contributed by atoms with E-state index in [-0.39, 0.29) is 0 Å². The number of nitrogens with zero attached hydrogens (tertiary/aromatic N) is 2. The quantitative estimate of drug-likeness (QED) is 0.270. The highest BCUT2D eigenvalue weighted by Crippen LogP contribution is 2.35. The Morgan fingerprint density at radius 2 is 1.31 bits per heavy atom. The molecule has 0 saturated heterocycles. The second kappa shape index (κ2) is 7.71. The molecule has 0 unspecified atom stereocenters. The highest BCUT2D eigenvalue weighted by molar-refractivity contribution is 6.10. The maximum atomic E-state index is 5.99. The van der Waals surface area contributed by atoms with E-state index in [9.17, 15) is 0 Å². The molecule has 0 saturated carbocycles. The van der Waals surface area contributed by atoms with E-state index in [1.54, 1.807) is 0 Å². The SMILES string of the molecule is Cc1ccc2oc(-c3ccc(-c4ccc5c(c4)c4ccccc4n5-c4ccccc4)cc3)nc2c1. The zero-order valence-corrected chi connectivity index (χ0v) is 19.3. The van der Waals surface area contributed by atoms with Crippen molar-refractivity contribution >= 4 is 32.9 Å². The van der Waals surface area contributed by atoms with Crippen molar-refractivity contribution in [2.75, 3.05) is 0 Å². The number of aromatic nitrogens is 2. The number of fused-ring (bicyclic) bond motifs is 4. The van der Waals surface area contributed by atoms with Gasteiger partial charge in [0.15, 0.2) is 5.58 Å². The van der Waals surface area contributed by atoms with Crippen LogP contribution >= 0.6 is 0 Å². The summed E-state index contributed by atoms with van der Waals surface area (Å²) in [4.78, 5) is 4.68. The zero-order chi connectivity index (χ0) is 23.4. The Morgan fingerprint density at radius 1 is 0.600 bits per heavy atom. The summed E-state index contributed by atoms with van der Waals surface area (Å²) in [7, 11) is 0. The van der Waals surface area contributed by atoms with Crippen LogP contribution in [0.2, 0.25) is 0 Å². The standard InChI is InChI=1S/C32H22N2O/c1-21-11-18-31-28(19-21)33-32(35-31)23-14-12-22(13-15-23)24-16-17-30-27(20-24)26-9-5-6-10-29(26)34(30)25-7-3-2-4-8-25/h2-20H,1H3. The molecule has 0 amide bonds. The van der Waals surface area contributed by atoms with Crippen LogP contribution in [0.1, 0.15) is 5.56 Å². The largest absolute Gasteiger partial charge is 0.436 e. The molecule has 0 atom stereocenters. The minimum atomic E-state index is 0.651. The van der Waals surface area contributed by atoms with Crippen LogP contribution in [-0.4, -0.2) is 9.55 Å². The molecule has 0 N–H and O–H groups in total. The minimum absolute atomic E-state index is 0.651. The summed E-state index contributed by atoms with van der Waals surface area (Å²) in [6.45, 7) is 2.07. The molecule has 35 heavy (non-hydrogen) atoms. The molecule has 0 radical (unpaired) electrons. The third kappa shape index (κ3) is 3.24. The van der Waals surface area contributed by atoms with Gasteiger partial charge in [0.25, 0.3) is 0 Å². The number of para-hydroxylation sites is 2. The van der Waals surface area contributed by atoms with E-state index in [0.717, 1.165) is 16.7 Å². The fourth-order valence-electron chi connectivity index (χ4n) is 4.97. The molecule has 7 rings (SSSR count). The molecule has 0 fully saturated rings. The Morgan fingerprint density at radius 3 is 2.17 bits per heavy atom. The highest BCUT2D eigenvalue weighted by Gasteiger charge is 2.13. The summed E-state index contributed by atoms with van der Waals surface area (Å²) in [5, 5.41) is 2.51. The Kier molecular flexibility index (Phi) is 4.36. The fraction of sp³-hybridized carbons (Fsp3) is 0.0312. The smallest absolute Gasteiger partial charge is 0.227 e. The Labute approximate surface area is 202 Å². The lowest BCUT2D eigenvalue weighted by atomic mass is 10.0. The number of hydrogen-bond acceptors (Lipinski definition) is 2. The summed E-state index contributed by atoms with van der Waals surface area (Å²) in [5.74, 6) is 0.651. The molecule has 3 heteroatoms. The Hall–Kier alpha value is -4.63. The van der Waals surface area contributed by atoms with Crippen LogP contribution in [0.5, 0.6) is 0 Å². The van der Waals surface area contributed by atoms with Crippen molar-refractivity contribution in [2.45, 2.75) is 6.92 Å². The summed E-state index contributed by atoms with van der Waals surface area (Å²) in [5.41, 5.74) is 9.81. The maximum absolute atomic E-state index is 5.99. The molecule has 0 aliphatic heterocycles. The maximum Gasteiger partial charge on any atom is 0.227 e. The summed E-state index contributed by atoms with van der Waals surface area (Å²) >= 11 is 0. The zero-order valence-electron chi connectivity index (χ0n) is 19.3. The van der Waals surface area contributed by atoms with Crippen LogP contribution in [-0.2, 0) is 0 Å². The van der Waals surface area contributed by atoms with Crippen LogP contribution in [0.4, 0.5) is 0 Å². The van der Waals surface area contributed by atoms with Gasteiger partial charge in [0.05, 0.1) is 11.0 Å². The van der Waals surface area contributed by atoms with Crippen molar-refractivity contribution in [1.82, 2.24) is 9.55 Å². The molecule has 0 aliphatic carbocycles. The van der Waals surface area contributed by atoms with E-state index in [4.69, 9.17) is 4.42 Å². The summed E-state index contributed by atoms with van der Waals surface area (Å²) < 4.78 is 8.33. The van der Waals surface area contributed by atoms with Gasteiger partial charge in [0, 0.05) is 22.0 Å². The van der Waals surface area contributed by atoms with Gasteiger partial charge in [0.2, 0.25) is 5.89 Å². The molecular weight excluding hydrogens is 428 g/mol. The number of aryl methyl sites for hydroxylation is 1. The molecule has 0 bridgehead atoms. The third-order valence-electron chi connectivity index (χ3n) is 6.70. The lowest BCUT2D eigenvalue weighted by Crippen LogP contribution is -1.92. The van der Waals surface area contributed by atoms with Gasteiger partial charge in [0.1, 0.15) is 5.52 Å². The van der Waals surface area contributed by atoms with Crippen molar-refractivity contribution in [1.29, 1.82) is 0 Å². The second-order valence-corrected chi connectivity index (χ2v) is 8.99. The monoisotopic (exact) mass is 450 g/mol. The lowest BCUT2D eigenvalue weighted by molar-refractivity contribution is 0.620. The number of oxazole rings is 1. The van der Waals surface area contributed by atoms with E-state index in [2.05, 4.69) is 120 Å². The van der Waals surface area contributed by atoms with Crippen molar-refractivity contribution in [3.8, 4) is 28.3 Å². The first-order valence-electron chi connectivity index (χ1n) is 11.8. The van der Waals surface area contributed by atoms with Crippen molar-refractivity contribution in [2.24, 2.45) is 0 Å². The predicted molar refractivity (Wildman–Crippen MR) is 144 cm³/mol. The molecule has 5 aromatic carbocycles. The molecule has 166 valence electrons. The lowest BCUT2D eigenvalue weighted by Gasteiger charge is -2.08. The number of rotatable bonds is 3. The van der Waals surface area contributed by atoms with E-state index >= 15 is 0 Å². The van der Waals surface area contributed by atoms with E-state index in [1.807, 2.05) is 12.1 Å². The average Bonchev–Trinajstić information content (AvgIpc) is 3.48. The van der Waals surface area contributed by atoms with Crippen molar-refractivity contribution in [3.05, 3.63) is 121 Å². The Balaban J connectivity index is 1.32. The highest BCUT2D eigenvalue weighted by atomic mass is 16.3. The molecule has 0 aliphatic rings. The van der Waals surface area contributed by atoms with E-state index in [1.165, 1.54) is 44.2 Å². The normalized spacial score (nSPS) is 11.6. The molecular formula is C32H22N2O. The second-order valence-electron chi connectivity index (χ2n) is 8.99. The first-order valence-corrected chi connectivity index (χ1v) is 11.8. The minimum Gasteiger partial charge on any atom is -0.436 e. The van der Waals surface area contributed by atoms with Gasteiger partial charge in [-0.1, -0.05) is 60.7 Å². The van der Waals surface area contributed by atoms with Crippen molar-refractivity contribution in [3.63, 3.8) is 0 Å². The van der Waals surface area contributed by atoms with Crippen LogP contribution in [0, 0.1) is 6.92 Å². The van der Waals surface area contributed by atoms with Gasteiger partial charge in [-0.2, -0.15) is 0 Å². The topological polar surface area (TPSA) is 31.0 Å². The molecule has 3 nitrogen and oxygen atoms in total. The van der Waals surface area contributed by atoms with E-state index in [0.29, 0.717) is 5.89 Å². The van der Waals surface area contributed by atoms with Crippen molar-refractivity contribution < 1.29 is 4.42 Å². The predicted octanol–water partition coefficient (Wildman–Crippen LogP) is 8.57. The Bertz CT molecular complexity index is 1840. The first kappa shape index (κ1) is 19.8. The van der Waals surface area contributed by atoms with Gasteiger partial charge < -0.3 is 8.98 Å². The summed E-state index contributed by atoms with van der Waals surface area (Å²) in [6.07, 6.45) is 0. The fourth-order valence-corrected chi connectivity index (χ4v) is 4.97. The summed E-state index contributed by atoms with van der Waals surface area (Å²) in [6, 6.07) is 40.5.